The fraction of sp³-hybridized carbons (Fsp3) is 0.190. The second-order valence-corrected chi connectivity index (χ2v) is 6.64. The predicted octanol–water partition coefficient (Wildman–Crippen LogP) is 4.12. The number of carbonyl (C=O) groups excluding carboxylic acids is 1. The molecule has 1 aromatic heterocycles. The van der Waals surface area contributed by atoms with Crippen molar-refractivity contribution in [1.82, 2.24) is 9.97 Å². The fourth-order valence-corrected chi connectivity index (χ4v) is 3.40. The molecule has 1 amide bonds. The number of hydrogen-bond donors (Lipinski definition) is 1. The Labute approximate surface area is 152 Å². The zero-order valence-corrected chi connectivity index (χ0v) is 14.8. The molecule has 5 heteroatoms. The van der Waals surface area contributed by atoms with Gasteiger partial charge in [-0.25, -0.2) is 9.97 Å². The molecule has 0 saturated carbocycles. The van der Waals surface area contributed by atoms with Crippen LogP contribution >= 0.6 is 0 Å². The van der Waals surface area contributed by atoms with Crippen LogP contribution in [0.4, 0.5) is 17.2 Å². The van der Waals surface area contributed by atoms with Gasteiger partial charge in [0.2, 0.25) is 0 Å². The maximum absolute atomic E-state index is 12.4. The molecule has 0 fully saturated rings. The van der Waals surface area contributed by atoms with Gasteiger partial charge < -0.3 is 10.2 Å². The minimum atomic E-state index is -0.260. The highest BCUT2D eigenvalue weighted by Crippen LogP contribution is 2.36. The summed E-state index contributed by atoms with van der Waals surface area (Å²) in [5.41, 5.74) is 4.61. The first kappa shape index (κ1) is 16.3. The summed E-state index contributed by atoms with van der Waals surface area (Å²) >= 11 is 0. The number of nitrogens with zero attached hydrogens (tertiary/aromatic N) is 3. The molecule has 1 aliphatic rings. The molecule has 0 radical (unpaired) electrons. The average molecular weight is 344 g/mol. The Morgan fingerprint density at radius 1 is 1.12 bits per heavy atom. The van der Waals surface area contributed by atoms with Crippen LogP contribution in [0.3, 0.4) is 0 Å². The van der Waals surface area contributed by atoms with E-state index >= 15 is 0 Å². The first-order valence-corrected chi connectivity index (χ1v) is 8.69. The van der Waals surface area contributed by atoms with Gasteiger partial charge in [0.25, 0.3) is 5.91 Å². The number of para-hydroxylation sites is 1. The number of aromatic nitrogens is 2. The van der Waals surface area contributed by atoms with Crippen molar-refractivity contribution in [2.45, 2.75) is 26.3 Å². The Hall–Kier alpha value is -3.21. The Morgan fingerprint density at radius 3 is 2.73 bits per heavy atom. The van der Waals surface area contributed by atoms with Gasteiger partial charge in [0.05, 0.1) is 12.4 Å². The van der Waals surface area contributed by atoms with E-state index in [1.165, 1.54) is 11.8 Å². The fourth-order valence-electron chi connectivity index (χ4n) is 3.40. The van der Waals surface area contributed by atoms with E-state index in [2.05, 4.69) is 45.3 Å². The topological polar surface area (TPSA) is 58.1 Å². The highest BCUT2D eigenvalue weighted by Gasteiger charge is 2.27. The molecule has 5 nitrogen and oxygen atoms in total. The lowest BCUT2D eigenvalue weighted by Crippen LogP contribution is -2.25. The number of carbonyl (C=O) groups is 1. The Morgan fingerprint density at radius 2 is 1.96 bits per heavy atom. The van der Waals surface area contributed by atoms with E-state index in [-0.39, 0.29) is 5.91 Å². The molecule has 130 valence electrons. The van der Waals surface area contributed by atoms with Crippen LogP contribution in [0.15, 0.2) is 60.9 Å². The van der Waals surface area contributed by atoms with Crippen LogP contribution < -0.4 is 10.2 Å². The van der Waals surface area contributed by atoms with Gasteiger partial charge in [-0.2, -0.15) is 0 Å². The molecule has 4 rings (SSSR count). The summed E-state index contributed by atoms with van der Waals surface area (Å²) in [6.07, 6.45) is 4.19. The van der Waals surface area contributed by atoms with Gasteiger partial charge in [-0.15, -0.1) is 0 Å². The Bertz CT molecular complexity index is 952. The highest BCUT2D eigenvalue weighted by molar-refractivity contribution is 6.02. The van der Waals surface area contributed by atoms with E-state index in [9.17, 15) is 4.79 Å². The number of anilines is 3. The zero-order valence-electron chi connectivity index (χ0n) is 14.8. The van der Waals surface area contributed by atoms with E-state index in [1.54, 1.807) is 6.20 Å². The quantitative estimate of drug-likeness (QED) is 0.776. The first-order valence-electron chi connectivity index (χ1n) is 8.69. The summed E-state index contributed by atoms with van der Waals surface area (Å²) in [7, 11) is 0. The van der Waals surface area contributed by atoms with Crippen LogP contribution in [0.5, 0.6) is 0 Å². The minimum absolute atomic E-state index is 0.260. The van der Waals surface area contributed by atoms with Crippen molar-refractivity contribution in [3.05, 3.63) is 77.7 Å². The van der Waals surface area contributed by atoms with Crippen LogP contribution in [-0.4, -0.2) is 21.9 Å². The molecular weight excluding hydrogens is 324 g/mol. The zero-order chi connectivity index (χ0) is 18.1. The molecule has 3 aromatic rings. The van der Waals surface area contributed by atoms with Crippen LogP contribution in [0.1, 0.15) is 28.5 Å². The van der Waals surface area contributed by atoms with Crippen LogP contribution in [0.25, 0.3) is 0 Å². The molecular formula is C21H20N4O. The van der Waals surface area contributed by atoms with E-state index in [0.717, 1.165) is 29.2 Å². The van der Waals surface area contributed by atoms with Crippen molar-refractivity contribution in [3.8, 4) is 0 Å². The molecule has 0 spiro atoms. The lowest BCUT2D eigenvalue weighted by Gasteiger charge is -2.23. The van der Waals surface area contributed by atoms with Gasteiger partial charge >= 0.3 is 0 Å². The average Bonchev–Trinajstić information content (AvgIpc) is 2.97. The minimum Gasteiger partial charge on any atom is -0.322 e. The smallest absolute Gasteiger partial charge is 0.275 e. The summed E-state index contributed by atoms with van der Waals surface area (Å²) in [5, 5.41) is 2.86. The van der Waals surface area contributed by atoms with Crippen LogP contribution in [0.2, 0.25) is 0 Å². The summed E-state index contributed by atoms with van der Waals surface area (Å²) < 4.78 is 0. The summed E-state index contributed by atoms with van der Waals surface area (Å²) in [4.78, 5) is 23.4. The number of amides is 1. The third kappa shape index (κ3) is 3.04. The molecule has 2 heterocycles. The third-order valence-electron chi connectivity index (χ3n) is 4.60. The maximum Gasteiger partial charge on any atom is 0.275 e. The largest absolute Gasteiger partial charge is 0.322 e. The second-order valence-electron chi connectivity index (χ2n) is 6.64. The number of fused-ring (bicyclic) bond motifs is 1. The maximum atomic E-state index is 12.4. The number of rotatable bonds is 3. The molecule has 1 aliphatic heterocycles. The number of benzene rings is 2. The van der Waals surface area contributed by atoms with Gasteiger partial charge in [-0.3, -0.25) is 4.79 Å². The van der Waals surface area contributed by atoms with Crippen molar-refractivity contribution < 1.29 is 4.79 Å². The first-order chi connectivity index (χ1) is 12.6. The van der Waals surface area contributed by atoms with Crippen molar-refractivity contribution in [3.63, 3.8) is 0 Å². The van der Waals surface area contributed by atoms with Gasteiger partial charge in [0.15, 0.2) is 5.82 Å². The van der Waals surface area contributed by atoms with Crippen molar-refractivity contribution >= 4 is 23.1 Å². The molecule has 0 aliphatic carbocycles. The van der Waals surface area contributed by atoms with Crippen molar-refractivity contribution in [2.24, 2.45) is 0 Å². The molecule has 2 aromatic carbocycles. The molecule has 1 N–H and O–H groups in total. The molecule has 1 atom stereocenters. The van der Waals surface area contributed by atoms with Gasteiger partial charge in [-0.1, -0.05) is 30.3 Å². The monoisotopic (exact) mass is 344 g/mol. The molecule has 0 saturated heterocycles. The van der Waals surface area contributed by atoms with Gasteiger partial charge in [0.1, 0.15) is 5.69 Å². The van der Waals surface area contributed by atoms with E-state index in [0.29, 0.717) is 11.7 Å². The van der Waals surface area contributed by atoms with Crippen molar-refractivity contribution in [1.29, 1.82) is 0 Å². The number of hydrogen-bond acceptors (Lipinski definition) is 4. The molecule has 1 unspecified atom stereocenters. The summed E-state index contributed by atoms with van der Waals surface area (Å²) in [6.45, 7) is 4.15. The Balaban J connectivity index is 1.55. The van der Waals surface area contributed by atoms with Crippen molar-refractivity contribution in [2.75, 3.05) is 10.2 Å². The van der Waals surface area contributed by atoms with Gasteiger partial charge in [0, 0.05) is 17.4 Å². The number of aryl methyl sites for hydroxylation is 1. The second kappa shape index (κ2) is 6.59. The normalized spacial score (nSPS) is 15.6. The van der Waals surface area contributed by atoms with E-state index < -0.39 is 0 Å². The van der Waals surface area contributed by atoms with Crippen LogP contribution in [-0.2, 0) is 6.42 Å². The molecule has 26 heavy (non-hydrogen) atoms. The van der Waals surface area contributed by atoms with Crippen LogP contribution in [0, 0.1) is 6.92 Å². The highest BCUT2D eigenvalue weighted by atomic mass is 16.1. The molecule has 0 bridgehead atoms. The van der Waals surface area contributed by atoms with E-state index in [4.69, 9.17) is 0 Å². The standard InChI is InChI=1S/C21H20N4O/c1-14-6-5-8-17(10-14)24-21(26)18-12-23-20(13-22-18)25-15(2)11-16-7-3-4-9-19(16)25/h3-10,12-13,15H,11H2,1-2H3,(H,24,26). The summed E-state index contributed by atoms with van der Waals surface area (Å²) in [6, 6.07) is 16.3. The Kier molecular flexibility index (Phi) is 4.13. The summed E-state index contributed by atoms with van der Waals surface area (Å²) in [5.74, 6) is 0.499. The SMILES string of the molecule is Cc1cccc(NC(=O)c2cnc(N3c4ccccc4CC3C)cn2)c1. The van der Waals surface area contributed by atoms with Gasteiger partial charge in [-0.05, 0) is 49.6 Å². The predicted molar refractivity (Wildman–Crippen MR) is 103 cm³/mol. The third-order valence-corrected chi connectivity index (χ3v) is 4.60. The number of nitrogens with one attached hydrogen (secondary N) is 1. The van der Waals surface area contributed by atoms with E-state index in [1.807, 2.05) is 37.3 Å². The lowest BCUT2D eigenvalue weighted by atomic mass is 10.1. The lowest BCUT2D eigenvalue weighted by molar-refractivity contribution is 0.102.